The summed E-state index contributed by atoms with van der Waals surface area (Å²) in [6, 6.07) is 11.9. The smallest absolute Gasteiger partial charge is 0.336 e. The number of carbonyl (C=O) groups excluding carboxylic acids is 2. The molecule has 2 aromatic rings. The van der Waals surface area contributed by atoms with Gasteiger partial charge in [-0.05, 0) is 48.9 Å². The number of rotatable bonds is 7. The van der Waals surface area contributed by atoms with E-state index >= 15 is 0 Å². The van der Waals surface area contributed by atoms with Crippen molar-refractivity contribution in [3.8, 4) is 17.2 Å². The molecule has 0 heterocycles. The molecule has 24 heavy (non-hydrogen) atoms. The van der Waals surface area contributed by atoms with Gasteiger partial charge in [0.1, 0.15) is 12.0 Å². The molecule has 0 unspecified atom stereocenters. The van der Waals surface area contributed by atoms with Gasteiger partial charge in [-0.25, -0.2) is 4.79 Å². The van der Waals surface area contributed by atoms with Gasteiger partial charge in [0.2, 0.25) is 0 Å². The number of methoxy groups -OCH3 is 1. The van der Waals surface area contributed by atoms with Gasteiger partial charge in [-0.2, -0.15) is 0 Å². The summed E-state index contributed by atoms with van der Waals surface area (Å²) in [4.78, 5) is 22.8. The average Bonchev–Trinajstić information content (AvgIpc) is 2.62. The van der Waals surface area contributed by atoms with E-state index in [0.29, 0.717) is 24.2 Å². The van der Waals surface area contributed by atoms with Crippen LogP contribution in [0, 0.1) is 0 Å². The van der Waals surface area contributed by atoms with E-state index in [9.17, 15) is 9.59 Å². The lowest BCUT2D eigenvalue weighted by Gasteiger charge is -2.09. The first kappa shape index (κ1) is 17.3. The fraction of sp³-hybridized carbons (Fsp3) is 0.158. The monoisotopic (exact) mass is 326 g/mol. The first-order valence-electron chi connectivity index (χ1n) is 7.42. The highest BCUT2D eigenvalue weighted by molar-refractivity contribution is 5.89. The predicted octanol–water partition coefficient (Wildman–Crippen LogP) is 3.53. The van der Waals surface area contributed by atoms with E-state index in [2.05, 4.69) is 0 Å². The van der Waals surface area contributed by atoms with Crippen molar-refractivity contribution in [2.75, 3.05) is 13.7 Å². The third-order valence-corrected chi connectivity index (χ3v) is 3.14. The number of carbonyl (C=O) groups is 2. The van der Waals surface area contributed by atoms with Crippen LogP contribution < -0.4 is 14.2 Å². The van der Waals surface area contributed by atoms with Crippen molar-refractivity contribution in [2.45, 2.75) is 6.92 Å². The van der Waals surface area contributed by atoms with Crippen LogP contribution in [0.2, 0.25) is 0 Å². The second kappa shape index (κ2) is 8.53. The fourth-order valence-corrected chi connectivity index (χ4v) is 1.97. The maximum atomic E-state index is 12.0. The number of benzene rings is 2. The summed E-state index contributed by atoms with van der Waals surface area (Å²) in [5.41, 5.74) is 1.29. The molecule has 5 nitrogen and oxygen atoms in total. The molecule has 0 N–H and O–H groups in total. The van der Waals surface area contributed by atoms with Gasteiger partial charge >= 0.3 is 5.97 Å². The molecule has 2 aromatic carbocycles. The molecule has 2 rings (SSSR count). The van der Waals surface area contributed by atoms with Crippen molar-refractivity contribution in [1.82, 2.24) is 0 Å². The van der Waals surface area contributed by atoms with Gasteiger partial charge in [0.05, 0.1) is 13.7 Å². The molecule has 0 fully saturated rings. The Hall–Kier alpha value is -3.08. The molecule has 0 saturated heterocycles. The van der Waals surface area contributed by atoms with Crippen LogP contribution in [0.5, 0.6) is 17.2 Å². The second-order valence-electron chi connectivity index (χ2n) is 4.78. The first-order valence-corrected chi connectivity index (χ1v) is 7.42. The largest absolute Gasteiger partial charge is 0.497 e. The van der Waals surface area contributed by atoms with E-state index in [0.717, 1.165) is 11.3 Å². The van der Waals surface area contributed by atoms with Gasteiger partial charge in [-0.15, -0.1) is 0 Å². The summed E-state index contributed by atoms with van der Waals surface area (Å²) in [6.45, 7) is 2.21. The summed E-state index contributed by atoms with van der Waals surface area (Å²) in [6.07, 6.45) is 3.67. The van der Waals surface area contributed by atoms with Crippen molar-refractivity contribution in [3.05, 3.63) is 59.7 Å². The highest BCUT2D eigenvalue weighted by Gasteiger charge is 2.09. The molecule has 0 aliphatic carbocycles. The molecular weight excluding hydrogens is 308 g/mol. The summed E-state index contributed by atoms with van der Waals surface area (Å²) in [7, 11) is 1.59. The Balaban J connectivity index is 2.08. The van der Waals surface area contributed by atoms with Gasteiger partial charge in [-0.1, -0.05) is 12.1 Å². The predicted molar refractivity (Wildman–Crippen MR) is 90.7 cm³/mol. The van der Waals surface area contributed by atoms with Crippen LogP contribution >= 0.6 is 0 Å². The molecule has 0 aliphatic rings. The zero-order chi connectivity index (χ0) is 17.4. The van der Waals surface area contributed by atoms with Crippen LogP contribution in [0.1, 0.15) is 22.8 Å². The average molecular weight is 326 g/mol. The van der Waals surface area contributed by atoms with Crippen LogP contribution in [-0.4, -0.2) is 26.0 Å². The normalized spacial score (nSPS) is 10.4. The quantitative estimate of drug-likeness (QED) is 0.337. The Bertz CT molecular complexity index is 732. The highest BCUT2D eigenvalue weighted by Crippen LogP contribution is 2.28. The Kier molecular flexibility index (Phi) is 6.14. The molecule has 0 radical (unpaired) electrons. The Morgan fingerprint density at radius 3 is 2.38 bits per heavy atom. The molecule has 0 amide bonds. The summed E-state index contributed by atoms with van der Waals surface area (Å²) >= 11 is 0. The van der Waals surface area contributed by atoms with E-state index in [1.807, 2.05) is 19.1 Å². The zero-order valence-electron chi connectivity index (χ0n) is 13.5. The number of ether oxygens (including phenoxy) is 3. The highest BCUT2D eigenvalue weighted by atomic mass is 16.6. The van der Waals surface area contributed by atoms with Crippen molar-refractivity contribution in [2.24, 2.45) is 0 Å². The number of hydrogen-bond donors (Lipinski definition) is 0. The standard InChI is InChI=1S/C19H18O5/c1-3-23-18-12-15(13-20)6-10-17(18)24-19(21)11-7-14-4-8-16(22-2)9-5-14/h4-13H,3H2,1-2H3/b11-7+. The Labute approximate surface area is 140 Å². The van der Waals surface area contributed by atoms with Crippen molar-refractivity contribution in [3.63, 3.8) is 0 Å². The van der Waals surface area contributed by atoms with E-state index in [1.54, 1.807) is 31.4 Å². The van der Waals surface area contributed by atoms with Crippen molar-refractivity contribution in [1.29, 1.82) is 0 Å². The van der Waals surface area contributed by atoms with E-state index in [-0.39, 0.29) is 5.75 Å². The minimum atomic E-state index is -0.536. The molecular formula is C19H18O5. The van der Waals surface area contributed by atoms with Gasteiger partial charge in [0.15, 0.2) is 11.5 Å². The van der Waals surface area contributed by atoms with E-state index in [1.165, 1.54) is 18.2 Å². The Morgan fingerprint density at radius 2 is 1.75 bits per heavy atom. The lowest BCUT2D eigenvalue weighted by Crippen LogP contribution is -2.06. The van der Waals surface area contributed by atoms with Crippen molar-refractivity contribution >= 4 is 18.3 Å². The minimum absolute atomic E-state index is 0.270. The zero-order valence-corrected chi connectivity index (χ0v) is 13.5. The van der Waals surface area contributed by atoms with Crippen LogP contribution in [0.25, 0.3) is 6.08 Å². The number of aldehydes is 1. The van der Waals surface area contributed by atoms with Crippen LogP contribution in [0.3, 0.4) is 0 Å². The maximum Gasteiger partial charge on any atom is 0.336 e. The van der Waals surface area contributed by atoms with Gasteiger partial charge in [-0.3, -0.25) is 4.79 Å². The molecule has 0 aliphatic heterocycles. The molecule has 0 spiro atoms. The second-order valence-corrected chi connectivity index (χ2v) is 4.78. The fourth-order valence-electron chi connectivity index (χ4n) is 1.97. The lowest BCUT2D eigenvalue weighted by molar-refractivity contribution is -0.129. The molecule has 0 atom stereocenters. The van der Waals surface area contributed by atoms with Gasteiger partial charge < -0.3 is 14.2 Å². The molecule has 5 heteroatoms. The third-order valence-electron chi connectivity index (χ3n) is 3.14. The molecule has 124 valence electrons. The lowest BCUT2D eigenvalue weighted by atomic mass is 10.2. The first-order chi connectivity index (χ1) is 11.7. The van der Waals surface area contributed by atoms with Gasteiger partial charge in [0, 0.05) is 11.6 Å². The summed E-state index contributed by atoms with van der Waals surface area (Å²) in [5, 5.41) is 0. The van der Waals surface area contributed by atoms with E-state index < -0.39 is 5.97 Å². The third kappa shape index (κ3) is 4.71. The Morgan fingerprint density at radius 1 is 1.04 bits per heavy atom. The molecule has 0 bridgehead atoms. The molecule has 0 saturated carbocycles. The van der Waals surface area contributed by atoms with E-state index in [4.69, 9.17) is 14.2 Å². The SMILES string of the molecule is CCOc1cc(C=O)ccc1OC(=O)/C=C/c1ccc(OC)cc1. The van der Waals surface area contributed by atoms with Crippen LogP contribution in [-0.2, 0) is 4.79 Å². The summed E-state index contributed by atoms with van der Waals surface area (Å²) < 4.78 is 15.7. The van der Waals surface area contributed by atoms with Crippen LogP contribution in [0.4, 0.5) is 0 Å². The van der Waals surface area contributed by atoms with Gasteiger partial charge in [0.25, 0.3) is 0 Å². The van der Waals surface area contributed by atoms with Crippen LogP contribution in [0.15, 0.2) is 48.5 Å². The molecule has 0 aromatic heterocycles. The van der Waals surface area contributed by atoms with Crippen molar-refractivity contribution < 1.29 is 23.8 Å². The summed E-state index contributed by atoms with van der Waals surface area (Å²) in [5.74, 6) is 0.831. The number of hydrogen-bond acceptors (Lipinski definition) is 5. The topological polar surface area (TPSA) is 61.8 Å². The maximum absolute atomic E-state index is 12.0. The minimum Gasteiger partial charge on any atom is -0.497 e. The number of esters is 1.